The Balaban J connectivity index is 1.80. The van der Waals surface area contributed by atoms with Gasteiger partial charge in [0, 0.05) is 24.5 Å². The minimum Gasteiger partial charge on any atom is -0.300 e. The van der Waals surface area contributed by atoms with Crippen molar-refractivity contribution >= 4 is 0 Å². The first-order valence-electron chi connectivity index (χ1n) is 4.49. The molecule has 0 N–H and O–H groups in total. The van der Waals surface area contributed by atoms with Crippen molar-refractivity contribution in [3.8, 4) is 0 Å². The maximum Gasteiger partial charge on any atom is 0.101 e. The highest BCUT2D eigenvalue weighted by Crippen LogP contribution is 2.50. The molecule has 2 rings (SSSR count). The van der Waals surface area contributed by atoms with Crippen LogP contribution in [0.15, 0.2) is 0 Å². The molecule has 0 atom stereocenters. The fourth-order valence-electron chi connectivity index (χ4n) is 2.32. The summed E-state index contributed by atoms with van der Waals surface area (Å²) in [5, 5.41) is 0. The van der Waals surface area contributed by atoms with Crippen LogP contribution in [-0.2, 0) is 0 Å². The molecule has 2 heteroatoms. The normalized spacial score (nSPS) is 30.5. The van der Waals surface area contributed by atoms with Crippen molar-refractivity contribution in [3.05, 3.63) is 0 Å². The van der Waals surface area contributed by atoms with Gasteiger partial charge in [-0.1, -0.05) is 0 Å². The van der Waals surface area contributed by atoms with Crippen LogP contribution in [0.2, 0.25) is 0 Å². The molecule has 64 valence electrons. The summed E-state index contributed by atoms with van der Waals surface area (Å²) in [5.74, 6) is 0. The Morgan fingerprint density at radius 3 is 2.27 bits per heavy atom. The molecule has 1 nitrogen and oxygen atoms in total. The van der Waals surface area contributed by atoms with Crippen LogP contribution >= 0.6 is 0 Å². The first kappa shape index (κ1) is 7.53. The highest BCUT2D eigenvalue weighted by atomic mass is 19.1. The number of hydrogen-bond acceptors (Lipinski definition) is 1. The molecule has 1 aliphatic carbocycles. The highest BCUT2D eigenvalue weighted by molar-refractivity contribution is 5.05. The molecule has 2 aliphatic rings. The van der Waals surface area contributed by atoms with E-state index in [1.54, 1.807) is 0 Å². The molecule has 2 fully saturated rings. The van der Waals surface area contributed by atoms with E-state index in [0.717, 1.165) is 25.9 Å². The van der Waals surface area contributed by atoms with Crippen molar-refractivity contribution in [2.75, 3.05) is 13.1 Å². The van der Waals surface area contributed by atoms with Crippen LogP contribution in [0.5, 0.6) is 0 Å². The molecule has 1 spiro atoms. The van der Waals surface area contributed by atoms with Crippen LogP contribution in [-0.4, -0.2) is 30.2 Å². The van der Waals surface area contributed by atoms with Crippen molar-refractivity contribution in [2.24, 2.45) is 5.41 Å². The number of likely N-dealkylation sites (tertiary alicyclic amines) is 1. The van der Waals surface area contributed by atoms with Crippen LogP contribution in [0.3, 0.4) is 0 Å². The van der Waals surface area contributed by atoms with Crippen LogP contribution in [0.25, 0.3) is 0 Å². The van der Waals surface area contributed by atoms with Gasteiger partial charge in [0.1, 0.15) is 6.17 Å². The summed E-state index contributed by atoms with van der Waals surface area (Å²) in [6, 6.07) is 0.652. The van der Waals surface area contributed by atoms with Gasteiger partial charge in [-0.15, -0.1) is 0 Å². The van der Waals surface area contributed by atoms with Gasteiger partial charge >= 0.3 is 0 Å². The third kappa shape index (κ3) is 1.08. The molecule has 1 heterocycles. The second-order valence-corrected chi connectivity index (χ2v) is 4.50. The van der Waals surface area contributed by atoms with Gasteiger partial charge in [0.05, 0.1) is 0 Å². The highest BCUT2D eigenvalue weighted by Gasteiger charge is 2.52. The smallest absolute Gasteiger partial charge is 0.101 e. The molecule has 1 aliphatic heterocycles. The van der Waals surface area contributed by atoms with E-state index in [0.29, 0.717) is 11.5 Å². The SMILES string of the molecule is CC(C)N1CC2(CC(F)C2)C1. The van der Waals surface area contributed by atoms with Gasteiger partial charge in [-0.05, 0) is 26.7 Å². The second kappa shape index (κ2) is 2.19. The molecule has 1 saturated carbocycles. The van der Waals surface area contributed by atoms with Gasteiger partial charge in [0.15, 0.2) is 0 Å². The summed E-state index contributed by atoms with van der Waals surface area (Å²) in [6.45, 7) is 6.70. The van der Waals surface area contributed by atoms with Crippen molar-refractivity contribution in [1.29, 1.82) is 0 Å². The Morgan fingerprint density at radius 2 is 1.91 bits per heavy atom. The minimum absolute atomic E-state index is 0.420. The fourth-order valence-corrected chi connectivity index (χ4v) is 2.32. The van der Waals surface area contributed by atoms with Gasteiger partial charge < -0.3 is 0 Å². The monoisotopic (exact) mass is 157 g/mol. The second-order valence-electron chi connectivity index (χ2n) is 4.50. The Labute approximate surface area is 67.6 Å². The zero-order valence-corrected chi connectivity index (χ0v) is 7.31. The van der Waals surface area contributed by atoms with Crippen molar-refractivity contribution in [2.45, 2.75) is 38.9 Å². The Morgan fingerprint density at radius 1 is 1.36 bits per heavy atom. The average Bonchev–Trinajstić information content (AvgIpc) is 1.73. The summed E-state index contributed by atoms with van der Waals surface area (Å²) >= 11 is 0. The van der Waals surface area contributed by atoms with E-state index in [4.69, 9.17) is 0 Å². The van der Waals surface area contributed by atoms with Crippen molar-refractivity contribution in [3.63, 3.8) is 0 Å². The van der Waals surface area contributed by atoms with E-state index in [-0.39, 0.29) is 0 Å². The summed E-state index contributed by atoms with van der Waals surface area (Å²) in [7, 11) is 0. The lowest BCUT2D eigenvalue weighted by Crippen LogP contribution is -2.64. The number of nitrogens with zero attached hydrogens (tertiary/aromatic N) is 1. The zero-order chi connectivity index (χ0) is 8.06. The molecule has 0 aromatic carbocycles. The van der Waals surface area contributed by atoms with E-state index in [1.165, 1.54) is 0 Å². The molecule has 11 heavy (non-hydrogen) atoms. The minimum atomic E-state index is -0.482. The third-order valence-electron chi connectivity index (χ3n) is 3.12. The van der Waals surface area contributed by atoms with Crippen LogP contribution in [0.1, 0.15) is 26.7 Å². The van der Waals surface area contributed by atoms with E-state index in [9.17, 15) is 4.39 Å². The molecular formula is C9H16FN. The van der Waals surface area contributed by atoms with E-state index >= 15 is 0 Å². The molecule has 0 amide bonds. The van der Waals surface area contributed by atoms with Gasteiger partial charge in [0.25, 0.3) is 0 Å². The quantitative estimate of drug-likeness (QED) is 0.561. The third-order valence-corrected chi connectivity index (χ3v) is 3.12. The zero-order valence-electron chi connectivity index (χ0n) is 7.31. The molecule has 0 unspecified atom stereocenters. The average molecular weight is 157 g/mol. The van der Waals surface area contributed by atoms with Gasteiger partial charge in [-0.3, -0.25) is 4.90 Å². The molecule has 1 saturated heterocycles. The van der Waals surface area contributed by atoms with Crippen LogP contribution in [0.4, 0.5) is 4.39 Å². The standard InChI is InChI=1S/C9H16FN/c1-7(2)11-5-9(6-11)3-8(10)4-9/h7-8H,3-6H2,1-2H3. The predicted molar refractivity (Wildman–Crippen MR) is 43.3 cm³/mol. The maximum atomic E-state index is 12.5. The number of alkyl halides is 1. The summed E-state index contributed by atoms with van der Waals surface area (Å²) in [4.78, 5) is 2.42. The Kier molecular flexibility index (Phi) is 1.50. The number of rotatable bonds is 1. The number of halogens is 1. The van der Waals surface area contributed by atoms with Gasteiger partial charge in [-0.25, -0.2) is 4.39 Å². The maximum absolute atomic E-state index is 12.5. The molecule has 0 bridgehead atoms. The molecule has 0 radical (unpaired) electrons. The summed E-state index contributed by atoms with van der Waals surface area (Å²) in [5.41, 5.74) is 0.420. The molecule has 0 aromatic rings. The van der Waals surface area contributed by atoms with Crippen LogP contribution in [0, 0.1) is 5.41 Å². The van der Waals surface area contributed by atoms with Gasteiger partial charge in [0.2, 0.25) is 0 Å². The van der Waals surface area contributed by atoms with Gasteiger partial charge in [-0.2, -0.15) is 0 Å². The van der Waals surface area contributed by atoms with E-state index < -0.39 is 6.17 Å². The fraction of sp³-hybridized carbons (Fsp3) is 1.00. The largest absolute Gasteiger partial charge is 0.300 e. The molecule has 0 aromatic heterocycles. The van der Waals surface area contributed by atoms with Crippen molar-refractivity contribution in [1.82, 2.24) is 4.90 Å². The van der Waals surface area contributed by atoms with Crippen molar-refractivity contribution < 1.29 is 4.39 Å². The topological polar surface area (TPSA) is 3.24 Å². The summed E-state index contributed by atoms with van der Waals surface area (Å²) < 4.78 is 12.5. The first-order valence-corrected chi connectivity index (χ1v) is 4.49. The Hall–Kier alpha value is -0.110. The lowest BCUT2D eigenvalue weighted by molar-refractivity contribution is -0.114. The summed E-state index contributed by atoms with van der Waals surface area (Å²) in [6.07, 6.45) is 1.18. The van der Waals surface area contributed by atoms with Crippen LogP contribution < -0.4 is 0 Å². The lowest BCUT2D eigenvalue weighted by Gasteiger charge is -2.58. The molecular weight excluding hydrogens is 141 g/mol. The number of hydrogen-bond donors (Lipinski definition) is 0. The van der Waals surface area contributed by atoms with E-state index in [2.05, 4.69) is 18.7 Å². The lowest BCUT2D eigenvalue weighted by atomic mass is 9.62. The van der Waals surface area contributed by atoms with E-state index in [1.807, 2.05) is 0 Å². The first-order chi connectivity index (χ1) is 5.11. The Bertz CT molecular complexity index is 153. The predicted octanol–water partition coefficient (Wildman–Crippen LogP) is 1.83.